The van der Waals surface area contributed by atoms with E-state index in [-0.39, 0.29) is 6.61 Å². The fraction of sp³-hybridized carbons (Fsp3) is 0.385. The van der Waals surface area contributed by atoms with Gasteiger partial charge in [-0.3, -0.25) is 0 Å². The monoisotopic (exact) mass is 245 g/mol. The maximum Gasteiger partial charge on any atom is 0.112 e. The molecule has 2 aromatic rings. The number of aromatic nitrogens is 3. The molecule has 0 saturated heterocycles. The molecular formula is C13H15N3O2. The molecule has 1 heterocycles. The molecule has 1 atom stereocenters. The molecule has 18 heavy (non-hydrogen) atoms. The van der Waals surface area contributed by atoms with Crippen molar-refractivity contribution in [3.8, 4) is 5.69 Å². The predicted octanol–water partition coefficient (Wildman–Crippen LogP) is 1.20. The highest BCUT2D eigenvalue weighted by Crippen LogP contribution is 2.40. The maximum atomic E-state index is 9.95. The quantitative estimate of drug-likeness (QED) is 0.849. The fourth-order valence-corrected chi connectivity index (χ4v) is 1.95. The smallest absolute Gasteiger partial charge is 0.112 e. The van der Waals surface area contributed by atoms with Gasteiger partial charge in [-0.2, -0.15) is 0 Å². The summed E-state index contributed by atoms with van der Waals surface area (Å²) < 4.78 is 1.64. The maximum absolute atomic E-state index is 9.95. The summed E-state index contributed by atoms with van der Waals surface area (Å²) in [7, 11) is 0. The van der Waals surface area contributed by atoms with Crippen molar-refractivity contribution >= 4 is 0 Å². The van der Waals surface area contributed by atoms with Gasteiger partial charge in [0.1, 0.15) is 11.8 Å². The lowest BCUT2D eigenvalue weighted by molar-refractivity contribution is 0.149. The number of benzene rings is 1. The molecule has 5 nitrogen and oxygen atoms in total. The van der Waals surface area contributed by atoms with Crippen LogP contribution in [-0.4, -0.2) is 25.2 Å². The van der Waals surface area contributed by atoms with E-state index in [1.165, 1.54) is 0 Å². The molecule has 94 valence electrons. The first-order valence-electron chi connectivity index (χ1n) is 6.08. The van der Waals surface area contributed by atoms with Gasteiger partial charge in [-0.05, 0) is 36.5 Å². The molecular weight excluding hydrogens is 230 g/mol. The van der Waals surface area contributed by atoms with E-state index in [4.69, 9.17) is 5.11 Å². The van der Waals surface area contributed by atoms with Crippen LogP contribution in [0.15, 0.2) is 30.5 Å². The number of rotatable bonds is 4. The second kappa shape index (κ2) is 4.51. The zero-order chi connectivity index (χ0) is 12.5. The topological polar surface area (TPSA) is 71.2 Å². The lowest BCUT2D eigenvalue weighted by atomic mass is 10.2. The number of hydrogen-bond acceptors (Lipinski definition) is 4. The lowest BCUT2D eigenvalue weighted by Gasteiger charge is -2.03. The molecule has 2 N–H and O–H groups in total. The molecule has 1 saturated carbocycles. The molecule has 0 bridgehead atoms. The minimum Gasteiger partial charge on any atom is -0.392 e. The predicted molar refractivity (Wildman–Crippen MR) is 65.0 cm³/mol. The van der Waals surface area contributed by atoms with Crippen LogP contribution in [0.2, 0.25) is 0 Å². The van der Waals surface area contributed by atoms with Crippen molar-refractivity contribution in [2.24, 2.45) is 5.92 Å². The molecule has 1 aliphatic carbocycles. The minimum atomic E-state index is -0.490. The van der Waals surface area contributed by atoms with Crippen LogP contribution in [0.5, 0.6) is 0 Å². The van der Waals surface area contributed by atoms with E-state index in [1.807, 2.05) is 24.3 Å². The number of nitrogens with zero attached hydrogens (tertiary/aromatic N) is 3. The Morgan fingerprint density at radius 2 is 2.00 bits per heavy atom. The number of aliphatic hydroxyl groups excluding tert-OH is 2. The van der Waals surface area contributed by atoms with Gasteiger partial charge in [0.2, 0.25) is 0 Å². The summed E-state index contributed by atoms with van der Waals surface area (Å²) >= 11 is 0. The Bertz CT molecular complexity index is 531. The third kappa shape index (κ3) is 2.14. The van der Waals surface area contributed by atoms with E-state index < -0.39 is 6.10 Å². The van der Waals surface area contributed by atoms with Crippen molar-refractivity contribution in [3.63, 3.8) is 0 Å². The SMILES string of the molecule is OCc1ccc(-n2cc([C@H](O)C3CC3)nn2)cc1. The fourth-order valence-electron chi connectivity index (χ4n) is 1.95. The Labute approximate surface area is 105 Å². The van der Waals surface area contributed by atoms with Crippen molar-refractivity contribution in [2.75, 3.05) is 0 Å². The Morgan fingerprint density at radius 3 is 2.61 bits per heavy atom. The van der Waals surface area contributed by atoms with Gasteiger partial charge < -0.3 is 10.2 Å². The van der Waals surface area contributed by atoms with Gasteiger partial charge in [0.25, 0.3) is 0 Å². The van der Waals surface area contributed by atoms with Crippen molar-refractivity contribution in [3.05, 3.63) is 41.7 Å². The van der Waals surface area contributed by atoms with Crippen molar-refractivity contribution in [1.29, 1.82) is 0 Å². The highest BCUT2D eigenvalue weighted by molar-refractivity contribution is 5.33. The molecule has 1 fully saturated rings. The van der Waals surface area contributed by atoms with Gasteiger partial charge in [0.05, 0.1) is 18.5 Å². The standard InChI is InChI=1S/C13H15N3O2/c17-8-9-1-5-11(6-2-9)16-7-12(14-15-16)13(18)10-3-4-10/h1-2,5-7,10,13,17-18H,3-4,8H2/t13-/m1/s1. The molecule has 1 aromatic heterocycles. The molecule has 0 aliphatic heterocycles. The molecule has 0 radical (unpaired) electrons. The van der Waals surface area contributed by atoms with Crippen LogP contribution >= 0.6 is 0 Å². The highest BCUT2D eigenvalue weighted by atomic mass is 16.3. The van der Waals surface area contributed by atoms with Gasteiger partial charge in [0, 0.05) is 0 Å². The van der Waals surface area contributed by atoms with Crippen molar-refractivity contribution in [1.82, 2.24) is 15.0 Å². The van der Waals surface area contributed by atoms with Gasteiger partial charge in [-0.1, -0.05) is 17.3 Å². The average Bonchev–Trinajstić information content (AvgIpc) is 3.15. The van der Waals surface area contributed by atoms with Gasteiger partial charge >= 0.3 is 0 Å². The molecule has 0 unspecified atom stereocenters. The number of aliphatic hydroxyl groups is 2. The Hall–Kier alpha value is -1.72. The highest BCUT2D eigenvalue weighted by Gasteiger charge is 2.32. The second-order valence-corrected chi connectivity index (χ2v) is 4.69. The van der Waals surface area contributed by atoms with Crippen LogP contribution in [0.3, 0.4) is 0 Å². The van der Waals surface area contributed by atoms with Crippen LogP contribution in [-0.2, 0) is 6.61 Å². The second-order valence-electron chi connectivity index (χ2n) is 4.69. The normalized spacial score (nSPS) is 16.8. The largest absolute Gasteiger partial charge is 0.392 e. The third-order valence-electron chi connectivity index (χ3n) is 3.27. The third-order valence-corrected chi connectivity index (χ3v) is 3.27. The van der Waals surface area contributed by atoms with Crippen molar-refractivity contribution < 1.29 is 10.2 Å². The zero-order valence-electron chi connectivity index (χ0n) is 9.90. The summed E-state index contributed by atoms with van der Waals surface area (Å²) in [6.45, 7) is 0.0310. The molecule has 1 aromatic carbocycles. The Kier molecular flexibility index (Phi) is 2.85. The van der Waals surface area contributed by atoms with Crippen molar-refractivity contribution in [2.45, 2.75) is 25.6 Å². The van der Waals surface area contributed by atoms with E-state index in [0.717, 1.165) is 24.1 Å². The van der Waals surface area contributed by atoms with Crippen LogP contribution in [0.4, 0.5) is 0 Å². The van der Waals surface area contributed by atoms with E-state index in [1.54, 1.807) is 10.9 Å². The molecule has 3 rings (SSSR count). The lowest BCUT2D eigenvalue weighted by Crippen LogP contribution is -1.99. The van der Waals surface area contributed by atoms with Gasteiger partial charge in [-0.25, -0.2) is 4.68 Å². The zero-order valence-corrected chi connectivity index (χ0v) is 9.90. The van der Waals surface area contributed by atoms with Crippen LogP contribution in [0.25, 0.3) is 5.69 Å². The average molecular weight is 245 g/mol. The van der Waals surface area contributed by atoms with Gasteiger partial charge in [-0.15, -0.1) is 5.10 Å². The van der Waals surface area contributed by atoms with Crippen LogP contribution < -0.4 is 0 Å². The van der Waals surface area contributed by atoms with Gasteiger partial charge in [0.15, 0.2) is 0 Å². The van der Waals surface area contributed by atoms with Crippen LogP contribution in [0, 0.1) is 5.92 Å². The summed E-state index contributed by atoms with van der Waals surface area (Å²) in [5, 5.41) is 27.0. The molecule has 1 aliphatic rings. The van der Waals surface area contributed by atoms with E-state index in [0.29, 0.717) is 11.6 Å². The summed E-state index contributed by atoms with van der Waals surface area (Å²) in [6, 6.07) is 7.42. The molecule has 0 spiro atoms. The van der Waals surface area contributed by atoms with E-state index >= 15 is 0 Å². The van der Waals surface area contributed by atoms with E-state index in [9.17, 15) is 5.11 Å². The van der Waals surface area contributed by atoms with E-state index in [2.05, 4.69) is 10.3 Å². The summed E-state index contributed by atoms with van der Waals surface area (Å²) in [4.78, 5) is 0. The first-order chi connectivity index (χ1) is 8.78. The first-order valence-corrected chi connectivity index (χ1v) is 6.08. The summed E-state index contributed by atoms with van der Waals surface area (Å²) in [5.41, 5.74) is 2.36. The summed E-state index contributed by atoms with van der Waals surface area (Å²) in [6.07, 6.45) is 3.41. The summed E-state index contributed by atoms with van der Waals surface area (Å²) in [5.74, 6) is 0.354. The molecule has 5 heteroatoms. The van der Waals surface area contributed by atoms with Crippen LogP contribution in [0.1, 0.15) is 30.2 Å². The minimum absolute atomic E-state index is 0.0310. The number of hydrogen-bond donors (Lipinski definition) is 2. The Balaban J connectivity index is 1.82. The Morgan fingerprint density at radius 1 is 1.28 bits per heavy atom. The first kappa shape index (κ1) is 11.4. The molecule has 0 amide bonds.